The van der Waals surface area contributed by atoms with Gasteiger partial charge in [-0.15, -0.1) is 0 Å². The molecule has 0 unspecified atom stereocenters. The highest BCUT2D eigenvalue weighted by Gasteiger charge is 2.13. The molecule has 0 atom stereocenters. The maximum atomic E-state index is 12.4. The zero-order valence-electron chi connectivity index (χ0n) is 14.0. The summed E-state index contributed by atoms with van der Waals surface area (Å²) in [7, 11) is 1.68. The van der Waals surface area contributed by atoms with Gasteiger partial charge in [0.05, 0.1) is 24.2 Å². The molecule has 0 aliphatic carbocycles. The van der Waals surface area contributed by atoms with Gasteiger partial charge in [-0.05, 0) is 30.7 Å². The van der Waals surface area contributed by atoms with E-state index in [4.69, 9.17) is 4.74 Å². The summed E-state index contributed by atoms with van der Waals surface area (Å²) >= 11 is 0. The van der Waals surface area contributed by atoms with Crippen molar-refractivity contribution in [2.75, 3.05) is 13.7 Å². The third kappa shape index (κ3) is 3.31. The monoisotopic (exact) mass is 323 g/mol. The lowest BCUT2D eigenvalue weighted by Gasteiger charge is -2.10. The number of benzene rings is 2. The van der Waals surface area contributed by atoms with Gasteiger partial charge in [0.25, 0.3) is 5.91 Å². The van der Waals surface area contributed by atoms with Gasteiger partial charge in [-0.25, -0.2) is 4.98 Å². The van der Waals surface area contributed by atoms with Crippen molar-refractivity contribution in [2.45, 2.75) is 20.0 Å². The Morgan fingerprint density at radius 1 is 1.17 bits per heavy atom. The number of fused-ring (bicyclic) bond motifs is 1. The molecule has 5 heteroatoms. The van der Waals surface area contributed by atoms with Crippen LogP contribution in [0.5, 0.6) is 0 Å². The Kier molecular flexibility index (Phi) is 4.91. The average molecular weight is 323 g/mol. The summed E-state index contributed by atoms with van der Waals surface area (Å²) in [5.74, 6) is 0.744. The lowest BCUT2D eigenvalue weighted by molar-refractivity contribution is 0.0948. The molecule has 0 bridgehead atoms. The van der Waals surface area contributed by atoms with Crippen LogP contribution in [0.4, 0.5) is 0 Å². The minimum absolute atomic E-state index is 0.0848. The van der Waals surface area contributed by atoms with Crippen molar-refractivity contribution in [1.82, 2.24) is 14.9 Å². The molecular weight excluding hydrogens is 302 g/mol. The summed E-state index contributed by atoms with van der Waals surface area (Å²) in [6.07, 6.45) is 0. The molecule has 3 aromatic rings. The molecule has 124 valence electrons. The molecule has 0 fully saturated rings. The summed E-state index contributed by atoms with van der Waals surface area (Å²) < 4.78 is 7.29. The first-order chi connectivity index (χ1) is 11.7. The lowest BCUT2D eigenvalue weighted by Crippen LogP contribution is -2.25. The van der Waals surface area contributed by atoms with E-state index in [1.54, 1.807) is 7.11 Å². The Balaban J connectivity index is 1.82. The summed E-state index contributed by atoms with van der Waals surface area (Å²) in [5.41, 5.74) is 3.63. The highest BCUT2D eigenvalue weighted by atomic mass is 16.5. The third-order valence-corrected chi connectivity index (χ3v) is 4.05. The Morgan fingerprint density at radius 2 is 1.92 bits per heavy atom. The topological polar surface area (TPSA) is 56.1 Å². The SMILES string of the molecule is COCCn1c(CNC(=O)c2ccccc2C)nc2ccccc21. The number of aryl methyl sites for hydroxylation is 1. The third-order valence-electron chi connectivity index (χ3n) is 4.05. The van der Waals surface area contributed by atoms with Crippen molar-refractivity contribution in [1.29, 1.82) is 0 Å². The fourth-order valence-corrected chi connectivity index (χ4v) is 2.77. The summed E-state index contributed by atoms with van der Waals surface area (Å²) in [4.78, 5) is 17.1. The Labute approximate surface area is 141 Å². The van der Waals surface area contributed by atoms with E-state index in [0.29, 0.717) is 25.3 Å². The number of amides is 1. The number of nitrogens with zero attached hydrogens (tertiary/aromatic N) is 2. The van der Waals surface area contributed by atoms with E-state index in [2.05, 4.69) is 14.9 Å². The van der Waals surface area contributed by atoms with Crippen LogP contribution < -0.4 is 5.32 Å². The van der Waals surface area contributed by atoms with Gasteiger partial charge in [0.2, 0.25) is 0 Å². The number of nitrogens with one attached hydrogen (secondary N) is 1. The number of hydrogen-bond donors (Lipinski definition) is 1. The van der Waals surface area contributed by atoms with E-state index in [1.165, 1.54) is 0 Å². The molecule has 0 saturated heterocycles. The fraction of sp³-hybridized carbons (Fsp3) is 0.263. The van der Waals surface area contributed by atoms with Crippen LogP contribution in [0.1, 0.15) is 21.7 Å². The van der Waals surface area contributed by atoms with Crippen LogP contribution in [0.25, 0.3) is 11.0 Å². The first-order valence-corrected chi connectivity index (χ1v) is 7.97. The van der Waals surface area contributed by atoms with Crippen LogP contribution in [-0.4, -0.2) is 29.2 Å². The zero-order chi connectivity index (χ0) is 16.9. The summed E-state index contributed by atoms with van der Waals surface area (Å²) in [6.45, 7) is 3.61. The van der Waals surface area contributed by atoms with Gasteiger partial charge >= 0.3 is 0 Å². The van der Waals surface area contributed by atoms with Gasteiger partial charge in [-0.3, -0.25) is 4.79 Å². The lowest BCUT2D eigenvalue weighted by atomic mass is 10.1. The second-order valence-corrected chi connectivity index (χ2v) is 5.66. The van der Waals surface area contributed by atoms with Crippen molar-refractivity contribution in [3.8, 4) is 0 Å². The molecule has 2 aromatic carbocycles. The van der Waals surface area contributed by atoms with Crippen molar-refractivity contribution in [2.24, 2.45) is 0 Å². The van der Waals surface area contributed by atoms with Crippen LogP contribution in [-0.2, 0) is 17.8 Å². The predicted molar refractivity (Wildman–Crippen MR) is 94.0 cm³/mol. The molecule has 0 spiro atoms. The summed E-state index contributed by atoms with van der Waals surface area (Å²) in [6, 6.07) is 15.5. The highest BCUT2D eigenvalue weighted by Crippen LogP contribution is 2.16. The van der Waals surface area contributed by atoms with E-state index >= 15 is 0 Å². The molecule has 0 saturated carbocycles. The fourth-order valence-electron chi connectivity index (χ4n) is 2.77. The highest BCUT2D eigenvalue weighted by molar-refractivity contribution is 5.95. The largest absolute Gasteiger partial charge is 0.383 e. The number of para-hydroxylation sites is 2. The number of aromatic nitrogens is 2. The van der Waals surface area contributed by atoms with E-state index in [0.717, 1.165) is 22.4 Å². The maximum Gasteiger partial charge on any atom is 0.251 e. The van der Waals surface area contributed by atoms with Gasteiger partial charge in [0, 0.05) is 19.2 Å². The normalized spacial score (nSPS) is 10.9. The number of rotatable bonds is 6. The molecule has 0 aliphatic heterocycles. The minimum Gasteiger partial charge on any atom is -0.383 e. The second-order valence-electron chi connectivity index (χ2n) is 5.66. The standard InChI is InChI=1S/C19H21N3O2/c1-14-7-3-4-8-15(14)19(23)20-13-18-21-16-9-5-6-10-17(16)22(18)11-12-24-2/h3-10H,11-13H2,1-2H3,(H,20,23). The van der Waals surface area contributed by atoms with Gasteiger partial charge < -0.3 is 14.6 Å². The molecule has 3 rings (SSSR count). The second kappa shape index (κ2) is 7.27. The van der Waals surface area contributed by atoms with Crippen LogP contribution >= 0.6 is 0 Å². The van der Waals surface area contributed by atoms with E-state index in [9.17, 15) is 4.79 Å². The molecule has 1 amide bonds. The van der Waals surface area contributed by atoms with Gasteiger partial charge in [-0.1, -0.05) is 30.3 Å². The first-order valence-electron chi connectivity index (χ1n) is 7.97. The number of methoxy groups -OCH3 is 1. The van der Waals surface area contributed by atoms with E-state index in [1.807, 2.05) is 55.5 Å². The molecular formula is C19H21N3O2. The predicted octanol–water partition coefficient (Wildman–Crippen LogP) is 2.92. The number of carbonyl (C=O) groups excluding carboxylic acids is 1. The Bertz CT molecular complexity index is 855. The van der Waals surface area contributed by atoms with Gasteiger partial charge in [-0.2, -0.15) is 0 Å². The van der Waals surface area contributed by atoms with Crippen LogP contribution in [0, 0.1) is 6.92 Å². The van der Waals surface area contributed by atoms with Crippen molar-refractivity contribution >= 4 is 16.9 Å². The molecule has 24 heavy (non-hydrogen) atoms. The number of carbonyl (C=O) groups is 1. The number of imidazole rings is 1. The van der Waals surface area contributed by atoms with Crippen molar-refractivity contribution in [3.05, 3.63) is 65.5 Å². The van der Waals surface area contributed by atoms with E-state index in [-0.39, 0.29) is 5.91 Å². The summed E-state index contributed by atoms with van der Waals surface area (Å²) in [5, 5.41) is 2.97. The first kappa shape index (κ1) is 16.2. The number of ether oxygens (including phenoxy) is 1. The van der Waals surface area contributed by atoms with Crippen LogP contribution in [0.15, 0.2) is 48.5 Å². The number of hydrogen-bond acceptors (Lipinski definition) is 3. The maximum absolute atomic E-state index is 12.4. The van der Waals surface area contributed by atoms with Gasteiger partial charge in [0.1, 0.15) is 5.82 Å². The molecule has 1 heterocycles. The molecule has 1 N–H and O–H groups in total. The average Bonchev–Trinajstić information content (AvgIpc) is 2.96. The quantitative estimate of drug-likeness (QED) is 0.759. The van der Waals surface area contributed by atoms with Crippen molar-refractivity contribution < 1.29 is 9.53 Å². The van der Waals surface area contributed by atoms with Crippen LogP contribution in [0.2, 0.25) is 0 Å². The molecule has 5 nitrogen and oxygen atoms in total. The smallest absolute Gasteiger partial charge is 0.251 e. The van der Waals surface area contributed by atoms with E-state index < -0.39 is 0 Å². The van der Waals surface area contributed by atoms with Crippen molar-refractivity contribution in [3.63, 3.8) is 0 Å². The molecule has 1 aromatic heterocycles. The van der Waals surface area contributed by atoms with Crippen LogP contribution in [0.3, 0.4) is 0 Å². The Morgan fingerprint density at radius 3 is 2.71 bits per heavy atom. The molecule has 0 aliphatic rings. The minimum atomic E-state index is -0.0848. The zero-order valence-corrected chi connectivity index (χ0v) is 14.0. The Hall–Kier alpha value is -2.66. The molecule has 0 radical (unpaired) electrons. The van der Waals surface area contributed by atoms with Gasteiger partial charge in [0.15, 0.2) is 0 Å².